The first-order chi connectivity index (χ1) is 15.8. The fourth-order valence-corrected chi connectivity index (χ4v) is 5.88. The molecule has 0 radical (unpaired) electrons. The number of nitrogens with one attached hydrogen (secondary N) is 2. The van der Waals surface area contributed by atoms with Gasteiger partial charge < -0.3 is 15.4 Å². The highest BCUT2D eigenvalue weighted by Gasteiger charge is 2.32. The average molecular weight is 476 g/mol. The topological polar surface area (TPSA) is 105 Å². The lowest BCUT2D eigenvalue weighted by atomic mass is 9.89. The summed E-state index contributed by atoms with van der Waals surface area (Å²) in [4.78, 5) is 25.1. The number of anilines is 2. The standard InChI is InChI=1S/C23H26FN3O5S/c1-2-32-20-9-7-16(13-21(20)33(30,31)27-10-4-3-5-11-27)25-23(29)18-14-22(28)26-19-12-15(24)6-8-17(18)19/h6-9,12-13,18H,2-5,10-11,14H2,1H3,(H,25,29)(H,26,28)/t18-/m1/s1. The van der Waals surface area contributed by atoms with E-state index < -0.39 is 33.6 Å². The smallest absolute Gasteiger partial charge is 0.246 e. The number of nitrogens with zero attached hydrogens (tertiary/aromatic N) is 1. The molecule has 0 bridgehead atoms. The van der Waals surface area contributed by atoms with Crippen molar-refractivity contribution in [2.45, 2.75) is 43.4 Å². The summed E-state index contributed by atoms with van der Waals surface area (Å²) in [5.41, 5.74) is 1.03. The second-order valence-electron chi connectivity index (χ2n) is 8.08. The van der Waals surface area contributed by atoms with E-state index in [1.807, 2.05) is 0 Å². The van der Waals surface area contributed by atoms with Gasteiger partial charge in [0.15, 0.2) is 0 Å². The summed E-state index contributed by atoms with van der Waals surface area (Å²) >= 11 is 0. The van der Waals surface area contributed by atoms with Gasteiger partial charge in [-0.15, -0.1) is 0 Å². The van der Waals surface area contributed by atoms with Crippen LogP contribution in [0.2, 0.25) is 0 Å². The Morgan fingerprint density at radius 1 is 1.18 bits per heavy atom. The summed E-state index contributed by atoms with van der Waals surface area (Å²) in [6, 6.07) is 8.35. The van der Waals surface area contributed by atoms with Crippen LogP contribution in [0, 0.1) is 5.82 Å². The van der Waals surface area contributed by atoms with Crippen LogP contribution in [0.3, 0.4) is 0 Å². The number of fused-ring (bicyclic) bond motifs is 1. The lowest BCUT2D eigenvalue weighted by Gasteiger charge is -2.27. The zero-order chi connectivity index (χ0) is 23.6. The molecule has 1 fully saturated rings. The van der Waals surface area contributed by atoms with Crippen LogP contribution in [0.1, 0.15) is 44.1 Å². The summed E-state index contributed by atoms with van der Waals surface area (Å²) in [7, 11) is -3.81. The van der Waals surface area contributed by atoms with Crippen molar-refractivity contribution in [3.63, 3.8) is 0 Å². The minimum atomic E-state index is -3.81. The Morgan fingerprint density at radius 3 is 2.67 bits per heavy atom. The third-order valence-electron chi connectivity index (χ3n) is 5.81. The molecule has 0 aliphatic carbocycles. The zero-order valence-corrected chi connectivity index (χ0v) is 19.1. The molecule has 0 aromatic heterocycles. The average Bonchev–Trinajstić information content (AvgIpc) is 2.79. The molecule has 0 saturated carbocycles. The van der Waals surface area contributed by atoms with Crippen LogP contribution in [-0.4, -0.2) is 44.2 Å². The van der Waals surface area contributed by atoms with Gasteiger partial charge in [0.05, 0.1) is 12.5 Å². The molecule has 0 spiro atoms. The molecule has 2 aliphatic rings. The van der Waals surface area contributed by atoms with Gasteiger partial charge in [-0.05, 0) is 55.7 Å². The zero-order valence-electron chi connectivity index (χ0n) is 18.3. The molecule has 1 atom stereocenters. The van der Waals surface area contributed by atoms with E-state index >= 15 is 0 Å². The minimum Gasteiger partial charge on any atom is -0.492 e. The maximum Gasteiger partial charge on any atom is 0.246 e. The summed E-state index contributed by atoms with van der Waals surface area (Å²) in [6.45, 7) is 2.93. The van der Waals surface area contributed by atoms with Crippen molar-refractivity contribution in [2.75, 3.05) is 30.3 Å². The van der Waals surface area contributed by atoms with E-state index in [4.69, 9.17) is 4.74 Å². The predicted octanol–water partition coefficient (Wildman–Crippen LogP) is 3.46. The Hall–Kier alpha value is -2.98. The van der Waals surface area contributed by atoms with Crippen molar-refractivity contribution in [3.8, 4) is 5.75 Å². The van der Waals surface area contributed by atoms with Gasteiger partial charge in [0.2, 0.25) is 21.8 Å². The monoisotopic (exact) mass is 475 g/mol. The van der Waals surface area contributed by atoms with Gasteiger partial charge in [-0.2, -0.15) is 4.31 Å². The predicted molar refractivity (Wildman–Crippen MR) is 121 cm³/mol. The number of amides is 2. The number of benzene rings is 2. The van der Waals surface area contributed by atoms with Gasteiger partial charge in [-0.1, -0.05) is 12.5 Å². The first kappa shape index (κ1) is 23.2. The van der Waals surface area contributed by atoms with Crippen molar-refractivity contribution < 1.29 is 27.1 Å². The number of halogens is 1. The number of hydrogen-bond donors (Lipinski definition) is 2. The molecule has 2 N–H and O–H groups in total. The third kappa shape index (κ3) is 4.86. The largest absolute Gasteiger partial charge is 0.492 e. The molecule has 2 amide bonds. The maximum atomic E-state index is 13.6. The van der Waals surface area contributed by atoms with Crippen LogP contribution in [0.4, 0.5) is 15.8 Å². The summed E-state index contributed by atoms with van der Waals surface area (Å²) < 4.78 is 47.2. The fourth-order valence-electron chi connectivity index (χ4n) is 4.21. The summed E-state index contributed by atoms with van der Waals surface area (Å²) in [6.07, 6.45) is 2.48. The number of piperidine rings is 1. The third-order valence-corrected chi connectivity index (χ3v) is 7.73. The second-order valence-corrected chi connectivity index (χ2v) is 9.99. The van der Waals surface area contributed by atoms with Gasteiger partial charge in [-0.3, -0.25) is 9.59 Å². The molecule has 8 nitrogen and oxygen atoms in total. The summed E-state index contributed by atoms with van der Waals surface area (Å²) in [5, 5.41) is 5.30. The van der Waals surface area contributed by atoms with E-state index in [2.05, 4.69) is 10.6 Å². The normalized spacial score (nSPS) is 18.8. The van der Waals surface area contributed by atoms with Gasteiger partial charge in [0, 0.05) is 30.9 Å². The van der Waals surface area contributed by atoms with Gasteiger partial charge in [-0.25, -0.2) is 12.8 Å². The van der Waals surface area contributed by atoms with E-state index in [0.717, 1.165) is 19.3 Å². The molecule has 0 unspecified atom stereocenters. The van der Waals surface area contributed by atoms with Crippen LogP contribution < -0.4 is 15.4 Å². The highest BCUT2D eigenvalue weighted by Crippen LogP contribution is 2.35. The highest BCUT2D eigenvalue weighted by atomic mass is 32.2. The Labute approximate surface area is 192 Å². The number of sulfonamides is 1. The van der Waals surface area contributed by atoms with Gasteiger partial charge >= 0.3 is 0 Å². The van der Waals surface area contributed by atoms with Crippen molar-refractivity contribution in [1.29, 1.82) is 0 Å². The number of rotatable bonds is 6. The molecule has 4 rings (SSSR count). The fraction of sp³-hybridized carbons (Fsp3) is 0.391. The lowest BCUT2D eigenvalue weighted by Crippen LogP contribution is -2.36. The first-order valence-electron chi connectivity index (χ1n) is 11.0. The Kier molecular flexibility index (Phi) is 6.66. The van der Waals surface area contributed by atoms with E-state index in [1.54, 1.807) is 13.0 Å². The van der Waals surface area contributed by atoms with Crippen molar-refractivity contribution >= 4 is 33.2 Å². The minimum absolute atomic E-state index is 0.00657. The first-order valence-corrected chi connectivity index (χ1v) is 12.4. The Balaban J connectivity index is 1.63. The molecule has 2 aliphatic heterocycles. The van der Waals surface area contributed by atoms with E-state index in [9.17, 15) is 22.4 Å². The number of carbonyl (C=O) groups is 2. The molecular formula is C23H26FN3O5S. The molecule has 10 heteroatoms. The van der Waals surface area contributed by atoms with Crippen LogP contribution in [0.15, 0.2) is 41.3 Å². The Bertz CT molecular complexity index is 1180. The van der Waals surface area contributed by atoms with Crippen molar-refractivity contribution in [2.24, 2.45) is 0 Å². The lowest BCUT2D eigenvalue weighted by molar-refractivity contribution is -0.123. The number of ether oxygens (including phenoxy) is 1. The SMILES string of the molecule is CCOc1ccc(NC(=O)[C@@H]2CC(=O)Nc3cc(F)ccc32)cc1S(=O)(=O)N1CCCCC1. The molecule has 33 heavy (non-hydrogen) atoms. The Morgan fingerprint density at radius 2 is 1.94 bits per heavy atom. The quantitative estimate of drug-likeness (QED) is 0.666. The van der Waals surface area contributed by atoms with E-state index in [-0.39, 0.29) is 28.4 Å². The van der Waals surface area contributed by atoms with Crippen LogP contribution in [0.5, 0.6) is 5.75 Å². The molecule has 2 aromatic carbocycles. The van der Waals surface area contributed by atoms with Gasteiger partial charge in [0.25, 0.3) is 0 Å². The molecule has 2 heterocycles. The highest BCUT2D eigenvalue weighted by molar-refractivity contribution is 7.89. The molecular weight excluding hydrogens is 449 g/mol. The van der Waals surface area contributed by atoms with Crippen LogP contribution in [-0.2, 0) is 19.6 Å². The number of hydrogen-bond acceptors (Lipinski definition) is 5. The molecule has 176 valence electrons. The summed E-state index contributed by atoms with van der Waals surface area (Å²) in [5.74, 6) is -2.01. The van der Waals surface area contributed by atoms with Crippen molar-refractivity contribution in [3.05, 3.63) is 47.8 Å². The van der Waals surface area contributed by atoms with Gasteiger partial charge in [0.1, 0.15) is 16.5 Å². The molecule has 2 aromatic rings. The van der Waals surface area contributed by atoms with E-state index in [1.165, 1.54) is 34.6 Å². The van der Waals surface area contributed by atoms with Crippen molar-refractivity contribution in [1.82, 2.24) is 4.31 Å². The van der Waals surface area contributed by atoms with Crippen LogP contribution in [0.25, 0.3) is 0 Å². The maximum absolute atomic E-state index is 13.6. The number of carbonyl (C=O) groups excluding carboxylic acids is 2. The van der Waals surface area contributed by atoms with E-state index in [0.29, 0.717) is 25.3 Å². The second kappa shape index (κ2) is 9.48. The van der Waals surface area contributed by atoms with Crippen LogP contribution >= 0.6 is 0 Å². The molecule has 1 saturated heterocycles.